The second-order valence-electron chi connectivity index (χ2n) is 5.85. The molecular weight excluding hydrogens is 317 g/mol. The summed E-state index contributed by atoms with van der Waals surface area (Å²) in [5, 5.41) is 12.9. The molecule has 0 aliphatic heterocycles. The lowest BCUT2D eigenvalue weighted by Crippen LogP contribution is -2.37. The normalized spacial score (nSPS) is 16.7. The molecule has 0 saturated heterocycles. The van der Waals surface area contributed by atoms with Crippen LogP contribution in [0.3, 0.4) is 0 Å². The van der Waals surface area contributed by atoms with Crippen LogP contribution in [0.5, 0.6) is 0 Å². The third kappa shape index (κ3) is 3.23. The van der Waals surface area contributed by atoms with E-state index in [2.05, 4.69) is 5.32 Å². The molecule has 3 nitrogen and oxygen atoms in total. The Labute approximate surface area is 139 Å². The Bertz CT molecular complexity index is 716. The third-order valence-electron chi connectivity index (χ3n) is 4.30. The fourth-order valence-corrected chi connectivity index (χ4v) is 2.84. The lowest BCUT2D eigenvalue weighted by atomic mass is 9.95. The van der Waals surface area contributed by atoms with Crippen molar-refractivity contribution in [2.24, 2.45) is 0 Å². The molecule has 0 bridgehead atoms. The lowest BCUT2D eigenvalue weighted by Gasteiger charge is -2.18. The molecular formula is C18H17ClFNO2. The van der Waals surface area contributed by atoms with Gasteiger partial charge in [-0.15, -0.1) is 0 Å². The van der Waals surface area contributed by atoms with Crippen LogP contribution >= 0.6 is 11.6 Å². The van der Waals surface area contributed by atoms with E-state index in [-0.39, 0.29) is 17.5 Å². The topological polar surface area (TPSA) is 49.3 Å². The highest BCUT2D eigenvalue weighted by molar-refractivity contribution is 6.30. The van der Waals surface area contributed by atoms with Gasteiger partial charge in [0.15, 0.2) is 0 Å². The average molecular weight is 334 g/mol. The van der Waals surface area contributed by atoms with Crippen LogP contribution in [0.2, 0.25) is 5.02 Å². The highest BCUT2D eigenvalue weighted by Gasteiger charge is 2.51. The van der Waals surface area contributed by atoms with E-state index >= 15 is 0 Å². The molecule has 1 amide bonds. The van der Waals surface area contributed by atoms with Gasteiger partial charge in [0.1, 0.15) is 5.82 Å². The predicted molar refractivity (Wildman–Crippen MR) is 86.7 cm³/mol. The van der Waals surface area contributed by atoms with Gasteiger partial charge in [-0.3, -0.25) is 4.79 Å². The van der Waals surface area contributed by atoms with Gasteiger partial charge in [0.25, 0.3) is 0 Å². The Kier molecular flexibility index (Phi) is 4.37. The zero-order chi connectivity index (χ0) is 16.4. The zero-order valence-electron chi connectivity index (χ0n) is 12.4. The van der Waals surface area contributed by atoms with Crippen LogP contribution < -0.4 is 5.32 Å². The molecule has 2 aromatic rings. The molecule has 120 valence electrons. The summed E-state index contributed by atoms with van der Waals surface area (Å²) in [5.41, 5.74) is 0.896. The molecule has 1 atom stereocenters. The smallest absolute Gasteiger partial charge is 0.230 e. The van der Waals surface area contributed by atoms with Crippen molar-refractivity contribution in [3.8, 4) is 0 Å². The molecule has 1 aliphatic carbocycles. The van der Waals surface area contributed by atoms with Crippen molar-refractivity contribution in [3.05, 3.63) is 70.5 Å². The second-order valence-corrected chi connectivity index (χ2v) is 6.25. The molecule has 1 fully saturated rings. The van der Waals surface area contributed by atoms with Gasteiger partial charge in [0.05, 0.1) is 16.5 Å². The summed E-state index contributed by atoms with van der Waals surface area (Å²) in [6.07, 6.45) is 0.625. The van der Waals surface area contributed by atoms with Gasteiger partial charge in [-0.1, -0.05) is 48.0 Å². The fraction of sp³-hybridized carbons (Fsp3) is 0.278. The van der Waals surface area contributed by atoms with E-state index in [0.29, 0.717) is 5.56 Å². The maximum absolute atomic E-state index is 13.4. The highest BCUT2D eigenvalue weighted by atomic mass is 35.5. The first-order chi connectivity index (χ1) is 11.0. The minimum atomic E-state index is -0.975. The van der Waals surface area contributed by atoms with Crippen molar-refractivity contribution in [2.45, 2.75) is 24.4 Å². The first-order valence-corrected chi connectivity index (χ1v) is 7.87. The first-order valence-electron chi connectivity index (χ1n) is 7.50. The number of aliphatic hydroxyl groups excluding tert-OH is 1. The van der Waals surface area contributed by atoms with Crippen LogP contribution in [0.15, 0.2) is 48.5 Å². The van der Waals surface area contributed by atoms with Gasteiger partial charge in [-0.25, -0.2) is 4.39 Å². The summed E-state index contributed by atoms with van der Waals surface area (Å²) in [5.74, 6) is -0.685. The minimum Gasteiger partial charge on any atom is -0.387 e. The van der Waals surface area contributed by atoms with Gasteiger partial charge >= 0.3 is 0 Å². The molecule has 2 aromatic carbocycles. The summed E-state index contributed by atoms with van der Waals surface area (Å²) in [6.45, 7) is 0.0362. The Morgan fingerprint density at radius 3 is 2.57 bits per heavy atom. The van der Waals surface area contributed by atoms with Gasteiger partial charge in [0, 0.05) is 6.54 Å². The molecule has 23 heavy (non-hydrogen) atoms. The Balaban J connectivity index is 1.64. The number of benzene rings is 2. The number of carbonyl (C=O) groups is 1. The third-order valence-corrected chi connectivity index (χ3v) is 4.60. The molecule has 0 heterocycles. The standard InChI is InChI=1S/C18H17ClFNO2/c19-14-7-6-12(10-15(14)20)16(22)11-21-17(23)18(8-9-18)13-4-2-1-3-5-13/h1-7,10,16,22H,8-9,11H2,(H,21,23). The second kappa shape index (κ2) is 6.30. The molecule has 5 heteroatoms. The van der Waals surface area contributed by atoms with Crippen molar-refractivity contribution in [1.82, 2.24) is 5.32 Å². The number of hydrogen-bond donors (Lipinski definition) is 2. The highest BCUT2D eigenvalue weighted by Crippen LogP contribution is 2.48. The summed E-state index contributed by atoms with van der Waals surface area (Å²) >= 11 is 5.62. The number of amides is 1. The van der Waals surface area contributed by atoms with Crippen molar-refractivity contribution < 1.29 is 14.3 Å². The summed E-state index contributed by atoms with van der Waals surface area (Å²) < 4.78 is 13.4. The SMILES string of the molecule is O=C(NCC(O)c1ccc(Cl)c(F)c1)C1(c2ccccc2)CC1. The van der Waals surface area contributed by atoms with Gasteiger partial charge in [-0.05, 0) is 36.1 Å². The molecule has 2 N–H and O–H groups in total. The monoisotopic (exact) mass is 333 g/mol. The van der Waals surface area contributed by atoms with Crippen LogP contribution in [0.25, 0.3) is 0 Å². The first kappa shape index (κ1) is 16.0. The lowest BCUT2D eigenvalue weighted by molar-refractivity contribution is -0.124. The molecule has 0 spiro atoms. The van der Waals surface area contributed by atoms with Crippen molar-refractivity contribution in [2.75, 3.05) is 6.54 Å². The van der Waals surface area contributed by atoms with E-state index in [1.165, 1.54) is 12.1 Å². The summed E-state index contributed by atoms with van der Waals surface area (Å²) in [4.78, 5) is 12.5. The zero-order valence-corrected chi connectivity index (χ0v) is 13.2. The fourth-order valence-electron chi connectivity index (χ4n) is 2.73. The average Bonchev–Trinajstić information content (AvgIpc) is 3.37. The number of hydrogen-bond acceptors (Lipinski definition) is 2. The van der Waals surface area contributed by atoms with Crippen LogP contribution in [-0.4, -0.2) is 17.6 Å². The number of nitrogens with one attached hydrogen (secondary N) is 1. The maximum Gasteiger partial charge on any atom is 0.230 e. The predicted octanol–water partition coefficient (Wildman–Crippen LogP) is 3.36. The van der Waals surface area contributed by atoms with Crippen LogP contribution in [0, 0.1) is 5.82 Å². The van der Waals surface area contributed by atoms with Gasteiger partial charge < -0.3 is 10.4 Å². The van der Waals surface area contributed by atoms with E-state index < -0.39 is 17.3 Å². The molecule has 1 unspecified atom stereocenters. The van der Waals surface area contributed by atoms with Crippen molar-refractivity contribution in [3.63, 3.8) is 0 Å². The maximum atomic E-state index is 13.4. The van der Waals surface area contributed by atoms with Crippen LogP contribution in [0.4, 0.5) is 4.39 Å². The van der Waals surface area contributed by atoms with Crippen molar-refractivity contribution in [1.29, 1.82) is 0 Å². The van der Waals surface area contributed by atoms with E-state index in [1.807, 2.05) is 30.3 Å². The molecule has 1 saturated carbocycles. The van der Waals surface area contributed by atoms with E-state index in [9.17, 15) is 14.3 Å². The Morgan fingerprint density at radius 2 is 1.96 bits per heavy atom. The minimum absolute atomic E-state index is 0.00555. The Morgan fingerprint density at radius 1 is 1.26 bits per heavy atom. The molecule has 1 aliphatic rings. The van der Waals surface area contributed by atoms with Crippen LogP contribution in [0.1, 0.15) is 30.1 Å². The Hall–Kier alpha value is -1.91. The van der Waals surface area contributed by atoms with E-state index in [0.717, 1.165) is 18.4 Å². The van der Waals surface area contributed by atoms with Crippen LogP contribution in [-0.2, 0) is 10.2 Å². The summed E-state index contributed by atoms with van der Waals surface area (Å²) in [6, 6.07) is 13.7. The van der Waals surface area contributed by atoms with E-state index in [1.54, 1.807) is 6.07 Å². The number of aliphatic hydroxyl groups is 1. The quantitative estimate of drug-likeness (QED) is 0.881. The largest absolute Gasteiger partial charge is 0.387 e. The molecule has 3 rings (SSSR count). The van der Waals surface area contributed by atoms with Gasteiger partial charge in [0.2, 0.25) is 5.91 Å². The molecule has 0 radical (unpaired) electrons. The number of carbonyl (C=O) groups excluding carboxylic acids is 1. The van der Waals surface area contributed by atoms with Crippen molar-refractivity contribution >= 4 is 17.5 Å². The van der Waals surface area contributed by atoms with Gasteiger partial charge in [-0.2, -0.15) is 0 Å². The number of halogens is 2. The number of rotatable bonds is 5. The van der Waals surface area contributed by atoms with E-state index in [4.69, 9.17) is 11.6 Å². The summed E-state index contributed by atoms with van der Waals surface area (Å²) in [7, 11) is 0. The molecule has 0 aromatic heterocycles.